The zero-order valence-electron chi connectivity index (χ0n) is 12.0. The Bertz CT molecular complexity index is 834. The van der Waals surface area contributed by atoms with Crippen LogP contribution in [-0.2, 0) is 6.54 Å². The van der Waals surface area contributed by atoms with Crippen molar-refractivity contribution in [1.82, 2.24) is 14.5 Å². The lowest BCUT2D eigenvalue weighted by atomic mass is 10.1. The molecule has 0 spiro atoms. The van der Waals surface area contributed by atoms with E-state index in [4.69, 9.17) is 17.3 Å². The average molecular weight is 319 g/mol. The van der Waals surface area contributed by atoms with Gasteiger partial charge in [0.05, 0.1) is 16.5 Å². The summed E-state index contributed by atoms with van der Waals surface area (Å²) in [5.74, 6) is -1.03. The molecule has 0 unspecified atom stereocenters. The Morgan fingerprint density at radius 1 is 1.27 bits per heavy atom. The second-order valence-electron chi connectivity index (χ2n) is 5.50. The van der Waals surface area contributed by atoms with E-state index in [0.717, 1.165) is 19.6 Å². The maximum atomic E-state index is 12.5. The summed E-state index contributed by atoms with van der Waals surface area (Å²) < 4.78 is 1.88. The normalized spacial score (nSPS) is 15.5. The van der Waals surface area contributed by atoms with Gasteiger partial charge in [-0.05, 0) is 56.3 Å². The second-order valence-corrected chi connectivity index (χ2v) is 5.89. The van der Waals surface area contributed by atoms with Gasteiger partial charge in [-0.3, -0.25) is 9.36 Å². The quantitative estimate of drug-likeness (QED) is 0.841. The van der Waals surface area contributed by atoms with Crippen LogP contribution in [0.15, 0.2) is 23.0 Å². The molecule has 2 heterocycles. The molecule has 1 fully saturated rings. The highest BCUT2D eigenvalue weighted by Crippen LogP contribution is 2.11. The van der Waals surface area contributed by atoms with E-state index in [1.54, 1.807) is 10.6 Å². The molecule has 1 aliphatic rings. The third-order valence-corrected chi connectivity index (χ3v) is 4.39. The van der Waals surface area contributed by atoms with E-state index in [1.165, 1.54) is 25.0 Å². The average Bonchev–Trinajstić information content (AvgIpc) is 2.99. The van der Waals surface area contributed by atoms with Crippen molar-refractivity contribution in [3.8, 4) is 0 Å². The summed E-state index contributed by atoms with van der Waals surface area (Å²) in [6, 6.07) is 4.42. The summed E-state index contributed by atoms with van der Waals surface area (Å²) in [6.07, 6.45) is 2.41. The van der Waals surface area contributed by atoms with Crippen LogP contribution >= 0.6 is 12.2 Å². The molecule has 0 atom stereocenters. The van der Waals surface area contributed by atoms with Gasteiger partial charge in [0.15, 0.2) is 4.77 Å². The number of fused-ring (bicyclic) bond motifs is 1. The van der Waals surface area contributed by atoms with E-state index in [9.17, 15) is 9.59 Å². The van der Waals surface area contributed by atoms with E-state index in [0.29, 0.717) is 22.2 Å². The third-order valence-electron chi connectivity index (χ3n) is 4.07. The number of aromatic carboxylic acids is 1. The lowest BCUT2D eigenvalue weighted by molar-refractivity contribution is 0.0697. The molecular weight excluding hydrogens is 302 g/mol. The van der Waals surface area contributed by atoms with Crippen LogP contribution in [0.2, 0.25) is 0 Å². The fourth-order valence-electron chi connectivity index (χ4n) is 2.84. The molecule has 0 amide bonds. The molecule has 116 valence electrons. The number of carboxylic acid groups (broad SMARTS) is 1. The first kappa shape index (κ1) is 14.9. The van der Waals surface area contributed by atoms with Gasteiger partial charge >= 0.3 is 5.97 Å². The number of rotatable bonds is 4. The predicted molar refractivity (Wildman–Crippen MR) is 86.0 cm³/mol. The van der Waals surface area contributed by atoms with Gasteiger partial charge in [0.2, 0.25) is 0 Å². The molecule has 0 radical (unpaired) electrons. The Hall–Kier alpha value is -1.99. The highest BCUT2D eigenvalue weighted by molar-refractivity contribution is 7.71. The number of hydrogen-bond donors (Lipinski definition) is 2. The lowest BCUT2D eigenvalue weighted by Crippen LogP contribution is -2.30. The molecule has 2 N–H and O–H groups in total. The van der Waals surface area contributed by atoms with Crippen LogP contribution in [0.3, 0.4) is 0 Å². The fourth-order valence-corrected chi connectivity index (χ4v) is 3.12. The van der Waals surface area contributed by atoms with Crippen LogP contribution in [0.25, 0.3) is 10.9 Å². The zero-order valence-corrected chi connectivity index (χ0v) is 12.9. The molecular formula is C15H17N3O3S. The molecule has 1 aromatic carbocycles. The van der Waals surface area contributed by atoms with Gasteiger partial charge in [-0.25, -0.2) is 4.79 Å². The molecule has 7 heteroatoms. The van der Waals surface area contributed by atoms with Crippen molar-refractivity contribution < 1.29 is 9.90 Å². The molecule has 0 bridgehead atoms. The summed E-state index contributed by atoms with van der Waals surface area (Å²) >= 11 is 5.26. The van der Waals surface area contributed by atoms with Crippen molar-refractivity contribution in [3.63, 3.8) is 0 Å². The molecule has 6 nitrogen and oxygen atoms in total. The Labute approximate surface area is 132 Å². The van der Waals surface area contributed by atoms with E-state index >= 15 is 0 Å². The maximum absolute atomic E-state index is 12.5. The first-order valence-electron chi connectivity index (χ1n) is 7.29. The number of benzene rings is 1. The third kappa shape index (κ3) is 2.82. The van der Waals surface area contributed by atoms with E-state index in [2.05, 4.69) is 9.88 Å². The maximum Gasteiger partial charge on any atom is 0.335 e. The van der Waals surface area contributed by atoms with Crippen molar-refractivity contribution in [2.45, 2.75) is 19.4 Å². The van der Waals surface area contributed by atoms with Crippen molar-refractivity contribution in [1.29, 1.82) is 0 Å². The topological polar surface area (TPSA) is 78.3 Å². The smallest absolute Gasteiger partial charge is 0.335 e. The van der Waals surface area contributed by atoms with E-state index in [1.807, 2.05) is 0 Å². The molecule has 1 aromatic heterocycles. The van der Waals surface area contributed by atoms with Gasteiger partial charge in [-0.2, -0.15) is 0 Å². The van der Waals surface area contributed by atoms with Crippen molar-refractivity contribution in [2.24, 2.45) is 0 Å². The van der Waals surface area contributed by atoms with E-state index < -0.39 is 5.97 Å². The second kappa shape index (κ2) is 6.02. The van der Waals surface area contributed by atoms with Crippen LogP contribution in [0, 0.1) is 4.77 Å². The molecule has 0 aliphatic carbocycles. The van der Waals surface area contributed by atoms with Gasteiger partial charge in [-0.15, -0.1) is 0 Å². The van der Waals surface area contributed by atoms with Crippen LogP contribution in [-0.4, -0.2) is 45.2 Å². The first-order valence-corrected chi connectivity index (χ1v) is 7.69. The Morgan fingerprint density at radius 3 is 2.68 bits per heavy atom. The highest BCUT2D eigenvalue weighted by atomic mass is 32.1. The fraction of sp³-hybridized carbons (Fsp3) is 0.400. The lowest BCUT2D eigenvalue weighted by Gasteiger charge is -2.15. The molecule has 1 saturated heterocycles. The Kier molecular flexibility index (Phi) is 4.08. The van der Waals surface area contributed by atoms with Crippen molar-refractivity contribution in [3.05, 3.63) is 38.9 Å². The number of aromatic amines is 1. The number of nitrogens with zero attached hydrogens (tertiary/aromatic N) is 2. The highest BCUT2D eigenvalue weighted by Gasteiger charge is 2.13. The summed E-state index contributed by atoms with van der Waals surface area (Å²) in [6.45, 7) is 3.49. The van der Waals surface area contributed by atoms with Crippen LogP contribution in [0.5, 0.6) is 0 Å². The number of hydrogen-bond acceptors (Lipinski definition) is 4. The number of H-pyrrole nitrogens is 1. The number of carboxylic acids is 1. The Morgan fingerprint density at radius 2 is 2.00 bits per heavy atom. The number of nitrogens with one attached hydrogen (secondary N) is 1. The van der Waals surface area contributed by atoms with Gasteiger partial charge < -0.3 is 15.0 Å². The molecule has 2 aromatic rings. The SMILES string of the molecule is O=C(O)c1ccc2c(=O)n(CCN3CCCC3)c(=S)[nH]c2c1. The summed E-state index contributed by atoms with van der Waals surface area (Å²) in [5, 5.41) is 9.47. The van der Waals surface area contributed by atoms with E-state index in [-0.39, 0.29) is 11.1 Å². The first-order chi connectivity index (χ1) is 10.6. The van der Waals surface area contributed by atoms with Crippen molar-refractivity contribution in [2.75, 3.05) is 19.6 Å². The van der Waals surface area contributed by atoms with Crippen molar-refractivity contribution >= 4 is 29.1 Å². The summed E-state index contributed by atoms with van der Waals surface area (Å²) in [5.41, 5.74) is 0.426. The van der Waals surface area contributed by atoms with Crippen LogP contribution in [0.1, 0.15) is 23.2 Å². The summed E-state index contributed by atoms with van der Waals surface area (Å²) in [7, 11) is 0. The van der Waals surface area contributed by atoms with Gasteiger partial charge in [0.25, 0.3) is 5.56 Å². The molecule has 22 heavy (non-hydrogen) atoms. The molecule has 0 saturated carbocycles. The minimum atomic E-state index is -1.03. The number of carbonyl (C=O) groups is 1. The Balaban J connectivity index is 1.97. The zero-order chi connectivity index (χ0) is 15.7. The minimum absolute atomic E-state index is 0.132. The van der Waals surface area contributed by atoms with Crippen LogP contribution in [0.4, 0.5) is 0 Å². The van der Waals surface area contributed by atoms with Crippen LogP contribution < -0.4 is 5.56 Å². The predicted octanol–water partition coefficient (Wildman–Crippen LogP) is 1.85. The number of aromatic nitrogens is 2. The standard InChI is InChI=1S/C15H17N3O3S/c19-13-11-4-3-10(14(20)21)9-12(11)16-15(22)18(13)8-7-17-5-1-2-6-17/h3-4,9H,1-2,5-8H2,(H,16,22)(H,20,21). The monoisotopic (exact) mass is 319 g/mol. The van der Waals surface area contributed by atoms with Gasteiger partial charge in [0, 0.05) is 13.1 Å². The molecule has 1 aliphatic heterocycles. The van der Waals surface area contributed by atoms with Gasteiger partial charge in [-0.1, -0.05) is 0 Å². The molecule has 3 rings (SSSR count). The van der Waals surface area contributed by atoms with Gasteiger partial charge in [0.1, 0.15) is 0 Å². The number of likely N-dealkylation sites (tertiary alicyclic amines) is 1. The summed E-state index contributed by atoms with van der Waals surface area (Å²) in [4.78, 5) is 28.8. The minimum Gasteiger partial charge on any atom is -0.478 e. The largest absolute Gasteiger partial charge is 0.478 e.